The molecular formula is C9H16O6. The van der Waals surface area contributed by atoms with E-state index in [2.05, 4.69) is 9.78 Å². The van der Waals surface area contributed by atoms with E-state index in [4.69, 9.17) is 10.5 Å². The summed E-state index contributed by atoms with van der Waals surface area (Å²) in [6, 6.07) is 0. The van der Waals surface area contributed by atoms with E-state index >= 15 is 0 Å². The highest BCUT2D eigenvalue weighted by atomic mass is 17.1. The first kappa shape index (κ1) is 13.9. The van der Waals surface area contributed by atoms with Crippen LogP contribution in [0.2, 0.25) is 0 Å². The van der Waals surface area contributed by atoms with Crippen molar-refractivity contribution < 1.29 is 29.9 Å². The van der Waals surface area contributed by atoms with Gasteiger partial charge in [-0.3, -0.25) is 0 Å². The topological polar surface area (TPSA) is 93.1 Å². The molecule has 0 aromatic carbocycles. The van der Waals surface area contributed by atoms with Gasteiger partial charge < -0.3 is 9.78 Å². The molecule has 0 radical (unpaired) electrons. The van der Waals surface area contributed by atoms with Crippen molar-refractivity contribution in [3.8, 4) is 0 Å². The van der Waals surface area contributed by atoms with Gasteiger partial charge in [-0.15, -0.1) is 0 Å². The van der Waals surface area contributed by atoms with Crippen molar-refractivity contribution in [2.45, 2.75) is 44.9 Å². The summed E-state index contributed by atoms with van der Waals surface area (Å²) in [4.78, 5) is 27.9. The molecule has 15 heavy (non-hydrogen) atoms. The fraction of sp³-hybridized carbons (Fsp3) is 0.778. The third kappa shape index (κ3) is 9.17. The van der Waals surface area contributed by atoms with E-state index in [1.54, 1.807) is 0 Å². The third-order valence-electron chi connectivity index (χ3n) is 1.97. The lowest BCUT2D eigenvalue weighted by Gasteiger charge is -1.99. The predicted octanol–water partition coefficient (Wildman–Crippen LogP) is 1.75. The fourth-order valence-corrected chi connectivity index (χ4v) is 1.16. The Kier molecular flexibility index (Phi) is 8.70. The van der Waals surface area contributed by atoms with Crippen molar-refractivity contribution in [1.82, 2.24) is 0 Å². The maximum absolute atomic E-state index is 10.5. The van der Waals surface area contributed by atoms with Gasteiger partial charge in [0.2, 0.25) is 0 Å². The molecule has 0 aliphatic carbocycles. The number of carbonyl (C=O) groups excluding carboxylic acids is 2. The number of hydrogen-bond donors (Lipinski definition) is 2. The van der Waals surface area contributed by atoms with E-state index in [1.807, 2.05) is 0 Å². The summed E-state index contributed by atoms with van der Waals surface area (Å²) in [5, 5.41) is 15.9. The van der Waals surface area contributed by atoms with Crippen LogP contribution >= 0.6 is 0 Å². The van der Waals surface area contributed by atoms with E-state index in [0.717, 1.165) is 19.3 Å². The van der Waals surface area contributed by atoms with E-state index in [-0.39, 0.29) is 12.8 Å². The molecule has 0 spiro atoms. The average molecular weight is 220 g/mol. The Hall–Kier alpha value is -1.14. The zero-order valence-corrected chi connectivity index (χ0v) is 8.48. The van der Waals surface area contributed by atoms with Crippen molar-refractivity contribution in [3.63, 3.8) is 0 Å². The molecule has 0 heterocycles. The predicted molar refractivity (Wildman–Crippen MR) is 49.8 cm³/mol. The van der Waals surface area contributed by atoms with Crippen LogP contribution in [-0.2, 0) is 19.4 Å². The molecular weight excluding hydrogens is 204 g/mol. The maximum atomic E-state index is 10.5. The van der Waals surface area contributed by atoms with Gasteiger partial charge in [0.1, 0.15) is 0 Å². The molecule has 6 heteroatoms. The van der Waals surface area contributed by atoms with Gasteiger partial charge in [-0.05, 0) is 12.8 Å². The summed E-state index contributed by atoms with van der Waals surface area (Å²) in [7, 11) is 0. The minimum absolute atomic E-state index is 0.204. The summed E-state index contributed by atoms with van der Waals surface area (Å²) in [6.07, 6.45) is 4.28. The van der Waals surface area contributed by atoms with Gasteiger partial charge in [0.15, 0.2) is 0 Å². The molecule has 0 rings (SSSR count). The third-order valence-corrected chi connectivity index (χ3v) is 1.97. The Balaban J connectivity index is 3.11. The first-order chi connectivity index (χ1) is 7.20. The van der Waals surface area contributed by atoms with Crippen molar-refractivity contribution in [1.29, 1.82) is 0 Å². The molecule has 6 nitrogen and oxygen atoms in total. The van der Waals surface area contributed by atoms with Gasteiger partial charge in [-0.2, -0.15) is 10.5 Å². The molecule has 0 bridgehead atoms. The largest absolute Gasteiger partial charge is 0.342 e. The Bertz CT molecular complexity index is 171. The normalized spacial score (nSPS) is 9.73. The maximum Gasteiger partial charge on any atom is 0.342 e. The molecule has 0 saturated heterocycles. The summed E-state index contributed by atoms with van der Waals surface area (Å²) < 4.78 is 0. The van der Waals surface area contributed by atoms with Gasteiger partial charge in [0.05, 0.1) is 0 Å². The Morgan fingerprint density at radius 3 is 1.40 bits per heavy atom. The number of hydrogen-bond acceptors (Lipinski definition) is 6. The first-order valence-electron chi connectivity index (χ1n) is 4.89. The van der Waals surface area contributed by atoms with Crippen LogP contribution in [0.1, 0.15) is 44.9 Å². The molecule has 0 unspecified atom stereocenters. The lowest BCUT2D eigenvalue weighted by molar-refractivity contribution is -0.234. The monoisotopic (exact) mass is 220 g/mol. The molecule has 2 N–H and O–H groups in total. The molecule has 0 fully saturated rings. The summed E-state index contributed by atoms with van der Waals surface area (Å²) >= 11 is 0. The van der Waals surface area contributed by atoms with Crippen molar-refractivity contribution in [2.75, 3.05) is 0 Å². The van der Waals surface area contributed by atoms with Crippen molar-refractivity contribution in [2.24, 2.45) is 0 Å². The molecule has 88 valence electrons. The minimum atomic E-state index is -0.626. The summed E-state index contributed by atoms with van der Waals surface area (Å²) in [6.45, 7) is 0. The van der Waals surface area contributed by atoms with E-state index in [1.165, 1.54) is 0 Å². The molecule has 0 aromatic rings. The Morgan fingerprint density at radius 2 is 1.07 bits per heavy atom. The smallest absolute Gasteiger partial charge is 0.301 e. The van der Waals surface area contributed by atoms with Gasteiger partial charge in [-0.25, -0.2) is 9.59 Å². The van der Waals surface area contributed by atoms with Crippen LogP contribution in [0, 0.1) is 0 Å². The Morgan fingerprint density at radius 1 is 0.733 bits per heavy atom. The van der Waals surface area contributed by atoms with Gasteiger partial charge in [0, 0.05) is 12.8 Å². The highest BCUT2D eigenvalue weighted by Crippen LogP contribution is 2.07. The van der Waals surface area contributed by atoms with Crippen LogP contribution in [0.5, 0.6) is 0 Å². The summed E-state index contributed by atoms with van der Waals surface area (Å²) in [5.74, 6) is -1.25. The lowest BCUT2D eigenvalue weighted by Crippen LogP contribution is -2.00. The van der Waals surface area contributed by atoms with Crippen LogP contribution in [0.25, 0.3) is 0 Å². The fourth-order valence-electron chi connectivity index (χ4n) is 1.16. The van der Waals surface area contributed by atoms with Crippen LogP contribution < -0.4 is 0 Å². The minimum Gasteiger partial charge on any atom is -0.301 e. The number of unbranched alkanes of at least 4 members (excludes halogenated alkanes) is 4. The van der Waals surface area contributed by atoms with Crippen LogP contribution in [0.3, 0.4) is 0 Å². The van der Waals surface area contributed by atoms with Gasteiger partial charge in [-0.1, -0.05) is 19.3 Å². The van der Waals surface area contributed by atoms with Crippen molar-refractivity contribution >= 4 is 11.9 Å². The molecule has 0 saturated carbocycles. The molecule has 0 atom stereocenters. The standard InChI is InChI=1S/C9H16O6/c10-8(14-12)6-4-2-1-3-5-7-9(11)15-13/h12-13H,1-7H2. The lowest BCUT2D eigenvalue weighted by atomic mass is 10.1. The summed E-state index contributed by atoms with van der Waals surface area (Å²) in [5.41, 5.74) is 0. The molecule has 0 aliphatic heterocycles. The SMILES string of the molecule is O=C(CCCCCCCC(=O)OO)OO. The van der Waals surface area contributed by atoms with Gasteiger partial charge >= 0.3 is 11.9 Å². The van der Waals surface area contributed by atoms with E-state index in [9.17, 15) is 9.59 Å². The Labute approximate surface area is 87.7 Å². The van der Waals surface area contributed by atoms with Crippen LogP contribution in [0.4, 0.5) is 0 Å². The zero-order chi connectivity index (χ0) is 11.5. The quantitative estimate of drug-likeness (QED) is 0.367. The van der Waals surface area contributed by atoms with Crippen LogP contribution in [0.15, 0.2) is 0 Å². The van der Waals surface area contributed by atoms with Crippen molar-refractivity contribution in [3.05, 3.63) is 0 Å². The molecule has 0 amide bonds. The van der Waals surface area contributed by atoms with Gasteiger partial charge in [0.25, 0.3) is 0 Å². The number of rotatable bonds is 8. The highest BCUT2D eigenvalue weighted by molar-refractivity contribution is 5.68. The van der Waals surface area contributed by atoms with E-state index in [0.29, 0.717) is 12.8 Å². The zero-order valence-electron chi connectivity index (χ0n) is 8.48. The molecule has 0 aromatic heterocycles. The molecule has 0 aliphatic rings. The second-order valence-electron chi connectivity index (χ2n) is 3.19. The highest BCUT2D eigenvalue weighted by Gasteiger charge is 2.02. The van der Waals surface area contributed by atoms with E-state index < -0.39 is 11.9 Å². The second kappa shape index (κ2) is 9.42. The second-order valence-corrected chi connectivity index (χ2v) is 3.19. The number of carbonyl (C=O) groups is 2. The van der Waals surface area contributed by atoms with Crippen LogP contribution in [-0.4, -0.2) is 22.5 Å². The average Bonchev–Trinajstić information content (AvgIpc) is 2.26. The first-order valence-corrected chi connectivity index (χ1v) is 4.89.